The van der Waals surface area contributed by atoms with E-state index in [-0.39, 0.29) is 30.0 Å². The van der Waals surface area contributed by atoms with Crippen molar-refractivity contribution in [3.05, 3.63) is 18.7 Å². The van der Waals surface area contributed by atoms with E-state index in [0.717, 1.165) is 0 Å². The summed E-state index contributed by atoms with van der Waals surface area (Å²) in [5.41, 5.74) is 0. The minimum absolute atomic E-state index is 0. The molecule has 0 spiro atoms. The topological polar surface area (TPSA) is 38.4 Å². The molecule has 1 rings (SSSR count). The molecule has 0 saturated carbocycles. The van der Waals surface area contributed by atoms with E-state index in [0.29, 0.717) is 19.8 Å². The van der Waals surface area contributed by atoms with Gasteiger partial charge in [-0.25, -0.2) is 9.36 Å². The number of aromatic nitrogens is 2. The molecule has 1 heterocycles. The third-order valence-corrected chi connectivity index (χ3v) is 2.09. The van der Waals surface area contributed by atoms with E-state index in [1.54, 1.807) is 29.0 Å². The second-order valence-corrected chi connectivity index (χ2v) is 3.39. The highest BCUT2D eigenvalue weighted by molar-refractivity contribution is 5.76. The maximum Gasteiger partial charge on any atom is 0.415 e. The zero-order valence-electron chi connectivity index (χ0n) is 9.89. The van der Waals surface area contributed by atoms with Crippen LogP contribution in [0.3, 0.4) is 0 Å². The van der Waals surface area contributed by atoms with Gasteiger partial charge in [-0.15, -0.1) is 0 Å². The first-order valence-corrected chi connectivity index (χ1v) is 5.01. The fraction of sp³-hybridized carbons (Fsp3) is 0.600. The monoisotopic (exact) mass is 339 g/mol. The van der Waals surface area contributed by atoms with Crippen molar-refractivity contribution in [2.45, 2.75) is 6.92 Å². The zero-order chi connectivity index (χ0) is 11.3. The van der Waals surface area contributed by atoms with E-state index in [2.05, 4.69) is 0 Å². The van der Waals surface area contributed by atoms with E-state index in [9.17, 15) is 4.79 Å². The number of amides is 1. The quantitative estimate of drug-likeness (QED) is 0.339. The summed E-state index contributed by atoms with van der Waals surface area (Å²) in [7, 11) is 3.64. The number of nitrogens with zero attached hydrogens (tertiary/aromatic N) is 3. The Hall–Kier alpha value is -0.630. The van der Waals surface area contributed by atoms with E-state index in [1.165, 1.54) is 0 Å². The van der Waals surface area contributed by atoms with Gasteiger partial charge in [-0.05, 0) is 6.92 Å². The smallest absolute Gasteiger partial charge is 0.415 e. The third-order valence-electron chi connectivity index (χ3n) is 2.09. The molecule has 0 unspecified atom stereocenters. The van der Waals surface area contributed by atoms with Gasteiger partial charge in [-0.3, -0.25) is 0 Å². The molecule has 0 aliphatic carbocycles. The van der Waals surface area contributed by atoms with Crippen LogP contribution in [0.5, 0.6) is 0 Å². The summed E-state index contributed by atoms with van der Waals surface area (Å²) in [6.07, 6.45) is 5.30. The van der Waals surface area contributed by atoms with Crippen LogP contribution in [0.15, 0.2) is 18.7 Å². The van der Waals surface area contributed by atoms with Gasteiger partial charge in [-0.2, -0.15) is 4.57 Å². The summed E-state index contributed by atoms with van der Waals surface area (Å²) in [6, 6.07) is -0.0460. The van der Waals surface area contributed by atoms with E-state index in [4.69, 9.17) is 4.74 Å². The molecule has 0 radical (unpaired) electrons. The molecule has 0 atom stereocenters. The van der Waals surface area contributed by atoms with Crippen molar-refractivity contribution in [3.63, 3.8) is 0 Å². The van der Waals surface area contributed by atoms with Crippen LogP contribution in [0.4, 0.5) is 4.79 Å². The molecule has 0 saturated heterocycles. The van der Waals surface area contributed by atoms with Crippen molar-refractivity contribution in [3.8, 4) is 0 Å². The highest BCUT2D eigenvalue weighted by Crippen LogP contribution is 1.92. The highest BCUT2D eigenvalue weighted by Gasteiger charge is 2.16. The lowest BCUT2D eigenvalue weighted by molar-refractivity contribution is -0.670. The molecule has 0 bridgehead atoms. The van der Waals surface area contributed by atoms with Crippen LogP contribution in [0.25, 0.3) is 0 Å². The maximum atomic E-state index is 11.8. The lowest BCUT2D eigenvalue weighted by atomic mass is 10.6. The minimum atomic E-state index is -0.0460. The number of halogens is 1. The zero-order valence-corrected chi connectivity index (χ0v) is 12.0. The fourth-order valence-electron chi connectivity index (χ4n) is 1.20. The Bertz CT molecular complexity index is 328. The number of hydrogen-bond acceptors (Lipinski definition) is 2. The van der Waals surface area contributed by atoms with Crippen LogP contribution in [-0.4, -0.2) is 42.3 Å². The van der Waals surface area contributed by atoms with Gasteiger partial charge in [0.15, 0.2) is 0 Å². The van der Waals surface area contributed by atoms with Gasteiger partial charge < -0.3 is 33.6 Å². The molecule has 1 aromatic rings. The SMILES string of the molecule is CCOCCN(C)C(=O)n1cc[n+](C)c1.[I-]. The molecule has 92 valence electrons. The Morgan fingerprint density at radius 1 is 1.56 bits per heavy atom. The number of ether oxygens (including phenoxy) is 1. The molecule has 0 aliphatic heterocycles. The van der Waals surface area contributed by atoms with Crippen LogP contribution in [0.1, 0.15) is 6.92 Å². The van der Waals surface area contributed by atoms with Crippen molar-refractivity contribution in [1.29, 1.82) is 0 Å². The molecule has 6 heteroatoms. The lowest BCUT2D eigenvalue weighted by Crippen LogP contribution is -3.00. The second kappa shape index (κ2) is 7.61. The number of likely N-dealkylation sites (N-methyl/N-ethyl adjacent to an activating group) is 1. The number of imidazole rings is 1. The summed E-state index contributed by atoms with van der Waals surface area (Å²) < 4.78 is 8.56. The van der Waals surface area contributed by atoms with Crippen LogP contribution >= 0.6 is 0 Å². The predicted octanol–water partition coefficient (Wildman–Crippen LogP) is -2.75. The standard InChI is InChI=1S/C10H18N3O2.HI/c1-4-15-8-7-12(3)10(14)13-6-5-11(2)9-13;/h5-6,9H,4,7-8H2,1-3H3;1H/q+1;/p-1. The van der Waals surface area contributed by atoms with Gasteiger partial charge >= 0.3 is 6.03 Å². The number of rotatable bonds is 4. The third kappa shape index (κ3) is 4.48. The number of carbonyl (C=O) groups is 1. The summed E-state index contributed by atoms with van der Waals surface area (Å²) in [5, 5.41) is 0. The van der Waals surface area contributed by atoms with Crippen molar-refractivity contribution in [1.82, 2.24) is 9.47 Å². The molecule has 1 amide bonds. The molecular weight excluding hydrogens is 321 g/mol. The van der Waals surface area contributed by atoms with Crippen molar-refractivity contribution in [2.24, 2.45) is 7.05 Å². The summed E-state index contributed by atoms with van der Waals surface area (Å²) in [6.45, 7) is 3.80. The van der Waals surface area contributed by atoms with Crippen LogP contribution in [0.2, 0.25) is 0 Å². The number of hydrogen-bond donors (Lipinski definition) is 0. The Kier molecular flexibility index (Phi) is 7.31. The second-order valence-electron chi connectivity index (χ2n) is 3.39. The lowest BCUT2D eigenvalue weighted by Gasteiger charge is -2.13. The van der Waals surface area contributed by atoms with E-state index in [1.807, 2.05) is 24.7 Å². The average molecular weight is 339 g/mol. The predicted molar refractivity (Wildman–Crippen MR) is 55.5 cm³/mol. The van der Waals surface area contributed by atoms with Gasteiger partial charge in [0.05, 0.1) is 13.7 Å². The largest absolute Gasteiger partial charge is 1.00 e. The molecule has 5 nitrogen and oxygen atoms in total. The van der Waals surface area contributed by atoms with Gasteiger partial charge in [0.1, 0.15) is 12.4 Å². The van der Waals surface area contributed by atoms with Crippen LogP contribution in [-0.2, 0) is 11.8 Å². The average Bonchev–Trinajstić information content (AvgIpc) is 2.64. The molecule has 0 N–H and O–H groups in total. The van der Waals surface area contributed by atoms with Crippen LogP contribution < -0.4 is 28.5 Å². The van der Waals surface area contributed by atoms with Crippen molar-refractivity contribution >= 4 is 6.03 Å². The van der Waals surface area contributed by atoms with Gasteiger partial charge in [0.2, 0.25) is 0 Å². The van der Waals surface area contributed by atoms with Crippen molar-refractivity contribution < 1.29 is 38.1 Å². The normalized spacial score (nSPS) is 9.69. The van der Waals surface area contributed by atoms with Gasteiger partial charge in [0, 0.05) is 20.2 Å². The number of aryl methyl sites for hydroxylation is 1. The number of carbonyl (C=O) groups excluding carboxylic acids is 1. The Morgan fingerprint density at radius 2 is 2.25 bits per heavy atom. The molecule has 0 aliphatic rings. The molecule has 1 aromatic heterocycles. The van der Waals surface area contributed by atoms with E-state index >= 15 is 0 Å². The first kappa shape index (κ1) is 15.4. The Labute approximate surface area is 113 Å². The highest BCUT2D eigenvalue weighted by atomic mass is 127. The van der Waals surface area contributed by atoms with Crippen LogP contribution in [0, 0.1) is 0 Å². The first-order chi connectivity index (χ1) is 7.15. The van der Waals surface area contributed by atoms with Crippen molar-refractivity contribution in [2.75, 3.05) is 26.8 Å². The molecule has 0 aromatic carbocycles. The Balaban J connectivity index is 0.00000225. The first-order valence-electron chi connectivity index (χ1n) is 5.01. The summed E-state index contributed by atoms with van der Waals surface area (Å²) in [4.78, 5) is 13.4. The fourth-order valence-corrected chi connectivity index (χ4v) is 1.20. The molecule has 16 heavy (non-hydrogen) atoms. The summed E-state index contributed by atoms with van der Waals surface area (Å²) in [5.74, 6) is 0. The minimum Gasteiger partial charge on any atom is -1.00 e. The molecular formula is C10H18IN3O2. The van der Waals surface area contributed by atoms with Gasteiger partial charge in [-0.1, -0.05) is 0 Å². The molecule has 0 fully saturated rings. The Morgan fingerprint density at radius 3 is 2.75 bits per heavy atom. The maximum absolute atomic E-state index is 11.8. The summed E-state index contributed by atoms with van der Waals surface area (Å²) >= 11 is 0. The van der Waals surface area contributed by atoms with Gasteiger partial charge in [0.25, 0.3) is 6.33 Å². The van der Waals surface area contributed by atoms with E-state index < -0.39 is 0 Å².